The molecular formula is C29H34O8. The van der Waals surface area contributed by atoms with E-state index in [-0.39, 0.29) is 24.2 Å². The van der Waals surface area contributed by atoms with Crippen LogP contribution in [0.25, 0.3) is 0 Å². The number of methoxy groups -OCH3 is 1. The summed E-state index contributed by atoms with van der Waals surface area (Å²) in [5, 5.41) is 12.4. The summed E-state index contributed by atoms with van der Waals surface area (Å²) in [7, 11) is 1.37. The monoisotopic (exact) mass is 510 g/mol. The fraction of sp³-hybridized carbons (Fsp3) is 0.621. The Morgan fingerprint density at radius 1 is 1.24 bits per heavy atom. The van der Waals surface area contributed by atoms with Gasteiger partial charge in [0.2, 0.25) is 0 Å². The zero-order valence-corrected chi connectivity index (χ0v) is 21.9. The van der Waals surface area contributed by atoms with Crippen LogP contribution < -0.4 is 0 Å². The van der Waals surface area contributed by atoms with Gasteiger partial charge in [-0.15, -0.1) is 0 Å². The standard InChI is InChI=1S/C29H34O8/c1-15(30)36-25-20-10-17-18(28(4)21(12-22(31)34-5)27(25,3)14-29(20,28)33)6-8-26(2)19(17)11-23(32)37-24(26)16-7-9-35-13-16/h7,9-11,13,18,20-21,24-25,33H,6,8,12,14H2,1-5H3/t18-,20-,21-,24-,25+,26+,27-,28+,29-/m0/s1. The Labute approximate surface area is 216 Å². The van der Waals surface area contributed by atoms with E-state index in [4.69, 9.17) is 18.6 Å². The van der Waals surface area contributed by atoms with E-state index in [1.165, 1.54) is 14.0 Å². The summed E-state index contributed by atoms with van der Waals surface area (Å²) in [6.07, 6.45) is 7.78. The number of carbonyl (C=O) groups excluding carboxylic acids is 3. The van der Waals surface area contributed by atoms with E-state index >= 15 is 0 Å². The van der Waals surface area contributed by atoms with E-state index in [2.05, 4.69) is 19.9 Å². The van der Waals surface area contributed by atoms with Gasteiger partial charge in [-0.25, -0.2) is 4.79 Å². The average molecular weight is 511 g/mol. The molecule has 3 fully saturated rings. The molecule has 4 aliphatic carbocycles. The number of ether oxygens (including phenoxy) is 3. The van der Waals surface area contributed by atoms with Crippen LogP contribution >= 0.6 is 0 Å². The molecule has 0 aromatic carbocycles. The molecule has 2 heterocycles. The van der Waals surface area contributed by atoms with Crippen molar-refractivity contribution in [2.75, 3.05) is 7.11 Å². The van der Waals surface area contributed by atoms with Crippen LogP contribution in [0.2, 0.25) is 0 Å². The highest BCUT2D eigenvalue weighted by Crippen LogP contribution is 2.78. The summed E-state index contributed by atoms with van der Waals surface area (Å²) in [6, 6.07) is 1.82. The lowest BCUT2D eigenvalue weighted by Crippen LogP contribution is -2.65. The van der Waals surface area contributed by atoms with Gasteiger partial charge < -0.3 is 23.7 Å². The van der Waals surface area contributed by atoms with Crippen molar-refractivity contribution >= 4 is 17.9 Å². The summed E-state index contributed by atoms with van der Waals surface area (Å²) in [5.41, 5.74) is -0.251. The van der Waals surface area contributed by atoms with Crippen LogP contribution in [0.1, 0.15) is 65.0 Å². The molecule has 0 radical (unpaired) electrons. The van der Waals surface area contributed by atoms with Crippen LogP contribution in [0.3, 0.4) is 0 Å². The Morgan fingerprint density at radius 3 is 2.65 bits per heavy atom. The summed E-state index contributed by atoms with van der Waals surface area (Å²) < 4.78 is 22.2. The van der Waals surface area contributed by atoms with Gasteiger partial charge in [-0.1, -0.05) is 26.8 Å². The molecule has 8 nitrogen and oxygen atoms in total. The second-order valence-corrected chi connectivity index (χ2v) is 12.3. The van der Waals surface area contributed by atoms with E-state index in [0.29, 0.717) is 6.42 Å². The number of carbonyl (C=O) groups is 3. The van der Waals surface area contributed by atoms with Crippen LogP contribution in [0.15, 0.2) is 46.3 Å². The molecular weight excluding hydrogens is 476 g/mol. The Bertz CT molecular complexity index is 1240. The highest BCUT2D eigenvalue weighted by Gasteiger charge is 2.81. The first-order chi connectivity index (χ1) is 17.4. The molecule has 9 atom stereocenters. The largest absolute Gasteiger partial charge is 0.472 e. The number of aliphatic hydroxyl groups is 1. The van der Waals surface area contributed by atoms with Gasteiger partial charge >= 0.3 is 17.9 Å². The molecule has 1 aliphatic heterocycles. The quantitative estimate of drug-likeness (QED) is 0.477. The first-order valence-corrected chi connectivity index (χ1v) is 13.0. The Hall–Kier alpha value is -2.87. The predicted octanol–water partition coefficient (Wildman–Crippen LogP) is 4.05. The van der Waals surface area contributed by atoms with Crippen molar-refractivity contribution in [1.82, 2.24) is 0 Å². The van der Waals surface area contributed by atoms with Crippen molar-refractivity contribution in [3.8, 4) is 0 Å². The number of allylic oxidation sites excluding steroid dienone is 1. The van der Waals surface area contributed by atoms with E-state index in [9.17, 15) is 19.5 Å². The molecule has 198 valence electrons. The van der Waals surface area contributed by atoms with Crippen LogP contribution in [-0.4, -0.2) is 41.8 Å². The molecule has 0 unspecified atom stereocenters. The van der Waals surface area contributed by atoms with Crippen LogP contribution in [0.4, 0.5) is 0 Å². The third kappa shape index (κ3) is 2.90. The average Bonchev–Trinajstić information content (AvgIpc) is 3.48. The Balaban J connectivity index is 1.53. The second-order valence-electron chi connectivity index (χ2n) is 12.3. The molecule has 37 heavy (non-hydrogen) atoms. The molecule has 0 saturated heterocycles. The molecule has 8 heteroatoms. The zero-order valence-electron chi connectivity index (χ0n) is 21.9. The normalized spacial score (nSPS) is 45.2. The van der Waals surface area contributed by atoms with Gasteiger partial charge in [-0.3, -0.25) is 9.59 Å². The van der Waals surface area contributed by atoms with Gasteiger partial charge in [-0.2, -0.15) is 0 Å². The lowest BCUT2D eigenvalue weighted by Gasteiger charge is -2.62. The minimum atomic E-state index is -1.16. The lowest BCUT2D eigenvalue weighted by molar-refractivity contribution is -0.201. The molecule has 1 aromatic heterocycles. The van der Waals surface area contributed by atoms with Crippen molar-refractivity contribution in [2.24, 2.45) is 34.0 Å². The number of hydrogen-bond acceptors (Lipinski definition) is 8. The smallest absolute Gasteiger partial charge is 0.331 e. The minimum Gasteiger partial charge on any atom is -0.472 e. The molecule has 3 saturated carbocycles. The fourth-order valence-corrected chi connectivity index (χ4v) is 9.22. The van der Waals surface area contributed by atoms with Crippen LogP contribution in [-0.2, 0) is 28.6 Å². The molecule has 6 rings (SSSR count). The summed E-state index contributed by atoms with van der Waals surface area (Å²) >= 11 is 0. The maximum atomic E-state index is 12.9. The van der Waals surface area contributed by atoms with Gasteiger partial charge in [0.05, 0.1) is 25.2 Å². The fourth-order valence-electron chi connectivity index (χ4n) is 9.22. The number of esters is 3. The van der Waals surface area contributed by atoms with E-state index < -0.39 is 51.9 Å². The van der Waals surface area contributed by atoms with Gasteiger partial charge in [0.15, 0.2) is 0 Å². The maximum Gasteiger partial charge on any atom is 0.331 e. The van der Waals surface area contributed by atoms with Gasteiger partial charge in [0.1, 0.15) is 12.2 Å². The number of hydrogen-bond donors (Lipinski definition) is 1. The highest BCUT2D eigenvalue weighted by molar-refractivity contribution is 5.86. The minimum absolute atomic E-state index is 0.0845. The first kappa shape index (κ1) is 24.5. The zero-order chi connectivity index (χ0) is 26.5. The van der Waals surface area contributed by atoms with Crippen LogP contribution in [0, 0.1) is 34.0 Å². The molecule has 2 bridgehead atoms. The summed E-state index contributed by atoms with van der Waals surface area (Å²) in [5.74, 6) is -2.01. The number of cyclic esters (lactones) is 1. The second kappa shape index (κ2) is 7.59. The SMILES string of the molecule is COC(=O)C[C@H]1[C@]2(C)C[C@]3(O)[C@@H](C=C4C5=CC(=O)O[C@@H](c6ccoc6)[C@]5(C)CC[C@@H]4[C@]13C)[C@H]2OC(C)=O. The third-order valence-corrected chi connectivity index (χ3v) is 10.8. The number of fused-ring (bicyclic) bond motifs is 5. The van der Waals surface area contributed by atoms with Gasteiger partial charge in [0, 0.05) is 47.1 Å². The van der Waals surface area contributed by atoms with Crippen molar-refractivity contribution < 1.29 is 38.1 Å². The van der Waals surface area contributed by atoms with E-state index in [1.54, 1.807) is 18.6 Å². The molecule has 0 spiro atoms. The Kier molecular flexibility index (Phi) is 5.02. The van der Waals surface area contributed by atoms with Gasteiger partial charge in [0.25, 0.3) is 0 Å². The number of furan rings is 1. The molecule has 1 aromatic rings. The number of rotatable bonds is 4. The van der Waals surface area contributed by atoms with Crippen molar-refractivity contribution in [3.05, 3.63) is 47.5 Å². The van der Waals surface area contributed by atoms with Crippen LogP contribution in [0.5, 0.6) is 0 Å². The topological polar surface area (TPSA) is 112 Å². The first-order valence-electron chi connectivity index (χ1n) is 13.0. The van der Waals surface area contributed by atoms with E-state index in [1.807, 2.05) is 13.0 Å². The highest BCUT2D eigenvalue weighted by atomic mass is 16.6. The molecule has 0 amide bonds. The maximum absolute atomic E-state index is 12.9. The van der Waals surface area contributed by atoms with Crippen molar-refractivity contribution in [1.29, 1.82) is 0 Å². The molecule has 5 aliphatic rings. The predicted molar refractivity (Wildman–Crippen MR) is 129 cm³/mol. The summed E-state index contributed by atoms with van der Waals surface area (Å²) in [6.45, 7) is 7.60. The van der Waals surface area contributed by atoms with Gasteiger partial charge in [-0.05, 0) is 48.3 Å². The third-order valence-electron chi connectivity index (χ3n) is 10.8. The Morgan fingerprint density at radius 2 is 2.00 bits per heavy atom. The van der Waals surface area contributed by atoms with Crippen molar-refractivity contribution in [2.45, 2.75) is 71.2 Å². The van der Waals surface area contributed by atoms with Crippen molar-refractivity contribution in [3.63, 3.8) is 0 Å². The van der Waals surface area contributed by atoms with E-state index in [0.717, 1.165) is 29.6 Å². The lowest BCUT2D eigenvalue weighted by atomic mass is 9.43. The summed E-state index contributed by atoms with van der Waals surface area (Å²) in [4.78, 5) is 37.8. The molecule has 1 N–H and O–H groups in total.